The quantitative estimate of drug-likeness (QED) is 0.712. The summed E-state index contributed by atoms with van der Waals surface area (Å²) < 4.78 is 3.58. The Bertz CT molecular complexity index is 258. The number of benzene rings is 1. The van der Waals surface area contributed by atoms with Gasteiger partial charge in [-0.15, -0.1) is 11.4 Å². The van der Waals surface area contributed by atoms with Crippen molar-refractivity contribution in [2.75, 3.05) is 17.0 Å². The van der Waals surface area contributed by atoms with Crippen molar-refractivity contribution in [3.8, 4) is 0 Å². The van der Waals surface area contributed by atoms with Crippen LogP contribution in [0.4, 0.5) is 5.69 Å². The number of nitrogens with zero attached hydrogens (tertiary/aromatic N) is 1. The van der Waals surface area contributed by atoms with Crippen molar-refractivity contribution in [2.45, 2.75) is 0 Å². The van der Waals surface area contributed by atoms with Crippen LogP contribution < -0.4 is 4.67 Å². The molecule has 64 valence electrons. The number of hydrogen-bond acceptors (Lipinski definition) is 2. The second kappa shape index (κ2) is 3.99. The molecule has 1 fully saturated rings. The van der Waals surface area contributed by atoms with Gasteiger partial charge in [-0.1, -0.05) is 15.9 Å². The van der Waals surface area contributed by atoms with Gasteiger partial charge in [0.15, 0.2) is 0 Å². The summed E-state index contributed by atoms with van der Waals surface area (Å²) in [6.45, 7) is 1.20. The summed E-state index contributed by atoms with van der Waals surface area (Å²) in [5, 5.41) is 0. The van der Waals surface area contributed by atoms with Crippen LogP contribution in [0.3, 0.4) is 0 Å². The fourth-order valence-corrected chi connectivity index (χ4v) is 4.12. The first-order valence-corrected chi connectivity index (χ1v) is 7.22. The molecule has 0 aliphatic carbocycles. The van der Waals surface area contributed by atoms with Gasteiger partial charge in [0.05, 0.1) is 0 Å². The molecular weight excluding hydrogens is 253 g/mol. The summed E-state index contributed by atoms with van der Waals surface area (Å²) in [5.41, 5.74) is 1.35. The molecule has 2 rings (SSSR count). The van der Waals surface area contributed by atoms with Gasteiger partial charge in [-0.3, -0.25) is 0 Å². The maximum absolute atomic E-state index is 3.43. The molecule has 0 bridgehead atoms. The topological polar surface area (TPSA) is 3.24 Å². The Kier molecular flexibility index (Phi) is 2.95. The monoisotopic (exact) mass is 261 g/mol. The normalized spacial score (nSPS) is 18.9. The minimum absolute atomic E-state index is 0.909. The van der Waals surface area contributed by atoms with Crippen LogP contribution in [0.25, 0.3) is 0 Å². The Morgan fingerprint density at radius 2 is 2.08 bits per heavy atom. The van der Waals surface area contributed by atoms with Crippen LogP contribution in [0.2, 0.25) is 0 Å². The third kappa shape index (κ3) is 1.95. The second-order valence-electron chi connectivity index (χ2n) is 2.57. The van der Waals surface area contributed by atoms with Gasteiger partial charge in [0.25, 0.3) is 0 Å². The first kappa shape index (κ1) is 8.86. The predicted octanol–water partition coefficient (Wildman–Crippen LogP) is 3.51. The molecule has 12 heavy (non-hydrogen) atoms. The maximum atomic E-state index is 3.43. The van der Waals surface area contributed by atoms with E-state index >= 15 is 0 Å². The van der Waals surface area contributed by atoms with E-state index in [0.29, 0.717) is 0 Å². The minimum atomic E-state index is 0.909. The highest BCUT2D eigenvalue weighted by atomic mass is 79.9. The molecule has 1 aromatic carbocycles. The van der Waals surface area contributed by atoms with Crippen LogP contribution in [0, 0.1) is 0 Å². The van der Waals surface area contributed by atoms with E-state index in [1.54, 1.807) is 0 Å². The highest BCUT2D eigenvalue weighted by Gasteiger charge is 2.11. The zero-order chi connectivity index (χ0) is 8.39. The summed E-state index contributed by atoms with van der Waals surface area (Å²) in [4.78, 5) is 0. The number of anilines is 1. The van der Waals surface area contributed by atoms with Crippen molar-refractivity contribution in [3.63, 3.8) is 0 Å². The predicted molar refractivity (Wildman–Crippen MR) is 62.3 cm³/mol. The van der Waals surface area contributed by atoms with Gasteiger partial charge in [0.2, 0.25) is 0 Å². The van der Waals surface area contributed by atoms with Crippen LogP contribution in [0.5, 0.6) is 0 Å². The van der Waals surface area contributed by atoms with E-state index < -0.39 is 0 Å². The fraction of sp³-hybridized carbons (Fsp3) is 0.250. The number of halogens is 1. The number of hydrogen-bond donors (Lipinski definition) is 0. The van der Waals surface area contributed by atoms with Crippen molar-refractivity contribution >= 4 is 40.9 Å². The molecule has 1 aliphatic rings. The van der Waals surface area contributed by atoms with Gasteiger partial charge in [0, 0.05) is 30.4 Å². The third-order valence-corrected chi connectivity index (χ3v) is 5.14. The molecule has 4 heteroatoms. The Morgan fingerprint density at radius 3 is 2.67 bits per heavy atom. The highest BCUT2D eigenvalue weighted by Crippen LogP contribution is 2.43. The standard InChI is InChI=1S/C8H9BrNPS/c9-7-1-3-8(4-2-7)10-5-6-12-11-10/h1-4,11H,5-6H2. The molecule has 1 aromatic rings. The Morgan fingerprint density at radius 1 is 1.33 bits per heavy atom. The zero-order valence-electron chi connectivity index (χ0n) is 6.46. The summed E-state index contributed by atoms with van der Waals surface area (Å²) in [5.74, 6) is 1.27. The smallest absolute Gasteiger partial charge is 0.0404 e. The summed E-state index contributed by atoms with van der Waals surface area (Å²) >= 11 is 5.46. The lowest BCUT2D eigenvalue weighted by molar-refractivity contribution is 1.14. The average molecular weight is 262 g/mol. The van der Waals surface area contributed by atoms with Crippen LogP contribution in [0.15, 0.2) is 28.7 Å². The van der Waals surface area contributed by atoms with Gasteiger partial charge in [-0.25, -0.2) is 0 Å². The van der Waals surface area contributed by atoms with Gasteiger partial charge in [-0.2, -0.15) is 0 Å². The molecule has 0 N–H and O–H groups in total. The van der Waals surface area contributed by atoms with Gasteiger partial charge >= 0.3 is 0 Å². The van der Waals surface area contributed by atoms with Gasteiger partial charge < -0.3 is 4.67 Å². The van der Waals surface area contributed by atoms with E-state index in [1.807, 2.05) is 11.4 Å². The van der Waals surface area contributed by atoms with Crippen LogP contribution in [-0.4, -0.2) is 12.3 Å². The van der Waals surface area contributed by atoms with Crippen molar-refractivity contribution in [3.05, 3.63) is 28.7 Å². The van der Waals surface area contributed by atoms with E-state index in [-0.39, 0.29) is 0 Å². The fourth-order valence-electron chi connectivity index (χ4n) is 1.11. The Hall–Kier alpha value is 0.280. The Balaban J connectivity index is 2.17. The molecule has 0 amide bonds. The van der Waals surface area contributed by atoms with E-state index in [2.05, 4.69) is 44.9 Å². The van der Waals surface area contributed by atoms with Gasteiger partial charge in [-0.05, 0) is 24.3 Å². The lowest BCUT2D eigenvalue weighted by Crippen LogP contribution is -2.08. The van der Waals surface area contributed by atoms with E-state index in [1.165, 1.54) is 18.0 Å². The Labute approximate surface area is 86.6 Å². The van der Waals surface area contributed by atoms with Crippen LogP contribution in [0.1, 0.15) is 0 Å². The lowest BCUT2D eigenvalue weighted by Gasteiger charge is -2.15. The molecule has 1 unspecified atom stereocenters. The van der Waals surface area contributed by atoms with Crippen molar-refractivity contribution in [1.82, 2.24) is 0 Å². The molecule has 1 aliphatic heterocycles. The van der Waals surface area contributed by atoms with Crippen molar-refractivity contribution in [2.24, 2.45) is 0 Å². The average Bonchev–Trinajstić information content (AvgIpc) is 2.58. The second-order valence-corrected chi connectivity index (χ2v) is 6.32. The van der Waals surface area contributed by atoms with E-state index in [9.17, 15) is 0 Å². The SMILES string of the molecule is Brc1ccc(N2CCSP2)cc1. The molecular formula is C8H9BrNPS. The molecule has 1 heterocycles. The molecule has 0 radical (unpaired) electrons. The maximum Gasteiger partial charge on any atom is 0.0404 e. The largest absolute Gasteiger partial charge is 0.343 e. The lowest BCUT2D eigenvalue weighted by atomic mass is 10.3. The highest BCUT2D eigenvalue weighted by molar-refractivity contribution is 9.10. The minimum Gasteiger partial charge on any atom is -0.343 e. The van der Waals surface area contributed by atoms with E-state index in [0.717, 1.165) is 12.4 Å². The molecule has 0 saturated carbocycles. The summed E-state index contributed by atoms with van der Waals surface area (Å²) in [6, 6.07) is 8.54. The molecule has 0 aromatic heterocycles. The molecule has 1 saturated heterocycles. The first-order valence-electron chi connectivity index (χ1n) is 3.77. The number of rotatable bonds is 1. The molecule has 1 atom stereocenters. The van der Waals surface area contributed by atoms with E-state index in [4.69, 9.17) is 0 Å². The van der Waals surface area contributed by atoms with Crippen LogP contribution >= 0.6 is 35.2 Å². The van der Waals surface area contributed by atoms with Crippen LogP contribution in [-0.2, 0) is 0 Å². The zero-order valence-corrected chi connectivity index (χ0v) is 9.86. The van der Waals surface area contributed by atoms with Crippen molar-refractivity contribution in [1.29, 1.82) is 0 Å². The molecule has 1 nitrogen and oxygen atoms in total. The van der Waals surface area contributed by atoms with Gasteiger partial charge in [0.1, 0.15) is 0 Å². The molecule has 0 spiro atoms. The van der Waals surface area contributed by atoms with Crippen molar-refractivity contribution < 1.29 is 0 Å². The summed E-state index contributed by atoms with van der Waals surface area (Å²) in [7, 11) is 0.909. The first-order chi connectivity index (χ1) is 5.86. The third-order valence-electron chi connectivity index (χ3n) is 1.73. The summed E-state index contributed by atoms with van der Waals surface area (Å²) in [6.07, 6.45) is 0.